The molecule has 78 valence electrons. The van der Waals surface area contributed by atoms with E-state index in [1.54, 1.807) is 31.2 Å². The van der Waals surface area contributed by atoms with Gasteiger partial charge in [0, 0.05) is 5.69 Å². The molecule has 1 heterocycles. The molecule has 0 unspecified atom stereocenters. The van der Waals surface area contributed by atoms with Crippen molar-refractivity contribution in [1.29, 1.82) is 0 Å². The van der Waals surface area contributed by atoms with Gasteiger partial charge in [0.2, 0.25) is 0 Å². The first-order valence-electron chi connectivity index (χ1n) is 4.60. The summed E-state index contributed by atoms with van der Waals surface area (Å²) in [6.45, 7) is 1.74. The summed E-state index contributed by atoms with van der Waals surface area (Å²) in [5.74, 6) is -0.211. The van der Waals surface area contributed by atoms with Crippen LogP contribution in [0.2, 0.25) is 0 Å². The molecule has 1 aliphatic heterocycles. The van der Waals surface area contributed by atoms with Crippen molar-refractivity contribution in [2.24, 2.45) is 10.8 Å². The number of hydrogen-bond donors (Lipinski definition) is 2. The molecular formula is C10H12N4O. The Hall–Kier alpha value is -1.88. The smallest absolute Gasteiger partial charge is 0.270 e. The van der Waals surface area contributed by atoms with Crippen LogP contribution in [0.15, 0.2) is 29.4 Å². The number of benzene rings is 1. The first-order valence-corrected chi connectivity index (χ1v) is 4.60. The number of anilines is 2. The summed E-state index contributed by atoms with van der Waals surface area (Å²) < 4.78 is 0. The first kappa shape index (κ1) is 9.67. The number of nitrogen functional groups attached to an aromatic ring is 1. The van der Waals surface area contributed by atoms with Gasteiger partial charge in [-0.25, -0.2) is 0 Å². The molecule has 5 nitrogen and oxygen atoms in total. The lowest BCUT2D eigenvalue weighted by Gasteiger charge is -2.12. The fourth-order valence-corrected chi connectivity index (χ4v) is 1.38. The van der Waals surface area contributed by atoms with Gasteiger partial charge in [0.1, 0.15) is 6.04 Å². The Labute approximate surface area is 87.4 Å². The molecule has 0 aliphatic carbocycles. The van der Waals surface area contributed by atoms with E-state index in [1.165, 1.54) is 5.01 Å². The number of hydrogen-bond acceptors (Lipinski definition) is 4. The summed E-state index contributed by atoms with van der Waals surface area (Å²) in [7, 11) is 0. The highest BCUT2D eigenvalue weighted by Gasteiger charge is 2.30. The predicted octanol–water partition coefficient (Wildman–Crippen LogP) is 0.319. The molecule has 0 radical (unpaired) electrons. The van der Waals surface area contributed by atoms with Gasteiger partial charge < -0.3 is 11.5 Å². The lowest BCUT2D eigenvalue weighted by Crippen LogP contribution is -2.38. The maximum absolute atomic E-state index is 11.7. The van der Waals surface area contributed by atoms with E-state index in [4.69, 9.17) is 11.5 Å². The van der Waals surface area contributed by atoms with Crippen molar-refractivity contribution in [2.45, 2.75) is 13.0 Å². The summed E-state index contributed by atoms with van der Waals surface area (Å²) in [5, 5.41) is 5.39. The van der Waals surface area contributed by atoms with Crippen molar-refractivity contribution >= 4 is 23.0 Å². The molecule has 1 aliphatic rings. The fraction of sp³-hybridized carbons (Fsp3) is 0.200. The Morgan fingerprint density at radius 2 is 1.93 bits per heavy atom. The van der Waals surface area contributed by atoms with Crippen molar-refractivity contribution in [3.63, 3.8) is 0 Å². The van der Waals surface area contributed by atoms with Crippen LogP contribution in [-0.2, 0) is 4.79 Å². The van der Waals surface area contributed by atoms with Gasteiger partial charge in [0.25, 0.3) is 5.91 Å². The molecule has 1 amide bonds. The van der Waals surface area contributed by atoms with Crippen LogP contribution in [0.25, 0.3) is 0 Å². The first-order chi connectivity index (χ1) is 7.09. The van der Waals surface area contributed by atoms with E-state index in [0.29, 0.717) is 17.1 Å². The molecule has 5 heteroatoms. The van der Waals surface area contributed by atoms with Crippen LogP contribution in [0.1, 0.15) is 6.92 Å². The minimum Gasteiger partial charge on any atom is -0.399 e. The SMILES string of the molecule is CC1=NN(c2ccc(N)cc2)C(=O)[C@H]1N. The van der Waals surface area contributed by atoms with Crippen molar-refractivity contribution in [3.05, 3.63) is 24.3 Å². The van der Waals surface area contributed by atoms with Gasteiger partial charge in [0.05, 0.1) is 11.4 Å². The molecule has 1 aromatic rings. The molecule has 4 N–H and O–H groups in total. The average molecular weight is 204 g/mol. The highest BCUT2D eigenvalue weighted by Crippen LogP contribution is 2.20. The Kier molecular flexibility index (Phi) is 2.17. The van der Waals surface area contributed by atoms with E-state index in [9.17, 15) is 4.79 Å². The van der Waals surface area contributed by atoms with E-state index >= 15 is 0 Å². The third-order valence-electron chi connectivity index (χ3n) is 2.32. The van der Waals surface area contributed by atoms with Crippen LogP contribution in [0.4, 0.5) is 11.4 Å². The molecule has 0 spiro atoms. The van der Waals surface area contributed by atoms with Gasteiger partial charge in [-0.1, -0.05) is 0 Å². The molecule has 0 bridgehead atoms. The summed E-state index contributed by atoms with van der Waals surface area (Å²) in [6.07, 6.45) is 0. The molecule has 2 rings (SSSR count). The number of hydrazone groups is 1. The Balaban J connectivity index is 2.33. The van der Waals surface area contributed by atoms with Gasteiger partial charge in [-0.3, -0.25) is 4.79 Å². The van der Waals surface area contributed by atoms with Gasteiger partial charge in [-0.2, -0.15) is 10.1 Å². The third kappa shape index (κ3) is 1.57. The van der Waals surface area contributed by atoms with Gasteiger partial charge in [0.15, 0.2) is 0 Å². The van der Waals surface area contributed by atoms with Gasteiger partial charge in [-0.15, -0.1) is 0 Å². The highest BCUT2D eigenvalue weighted by molar-refractivity contribution is 6.17. The van der Waals surface area contributed by atoms with Crippen LogP contribution in [0, 0.1) is 0 Å². The number of carbonyl (C=O) groups is 1. The second kappa shape index (κ2) is 3.36. The second-order valence-corrected chi connectivity index (χ2v) is 3.46. The van der Waals surface area contributed by atoms with E-state index in [0.717, 1.165) is 0 Å². The number of rotatable bonds is 1. The maximum atomic E-state index is 11.7. The van der Waals surface area contributed by atoms with Crippen LogP contribution >= 0.6 is 0 Å². The Bertz CT molecular complexity index is 424. The molecule has 1 atom stereocenters. The lowest BCUT2D eigenvalue weighted by molar-refractivity contribution is -0.117. The zero-order chi connectivity index (χ0) is 11.0. The van der Waals surface area contributed by atoms with Crippen molar-refractivity contribution in [3.8, 4) is 0 Å². The highest BCUT2D eigenvalue weighted by atomic mass is 16.2. The molecule has 15 heavy (non-hydrogen) atoms. The van der Waals surface area contributed by atoms with Crippen LogP contribution < -0.4 is 16.5 Å². The van der Waals surface area contributed by atoms with Crippen molar-refractivity contribution < 1.29 is 4.79 Å². The maximum Gasteiger partial charge on any atom is 0.270 e. The molecule has 0 saturated carbocycles. The minimum atomic E-state index is -0.623. The van der Waals surface area contributed by atoms with E-state index in [-0.39, 0.29) is 5.91 Å². The standard InChI is InChI=1S/C10H12N4O/c1-6-9(12)10(15)14(13-6)8-4-2-7(11)3-5-8/h2-5,9H,11-12H2,1H3/t9-/m0/s1. The molecule has 1 aromatic carbocycles. The molecule has 0 saturated heterocycles. The summed E-state index contributed by atoms with van der Waals surface area (Å²) in [5.41, 5.74) is 13.1. The van der Waals surface area contributed by atoms with Gasteiger partial charge in [-0.05, 0) is 31.2 Å². The van der Waals surface area contributed by atoms with Crippen LogP contribution in [-0.4, -0.2) is 17.7 Å². The summed E-state index contributed by atoms with van der Waals surface area (Å²) in [4.78, 5) is 11.7. The predicted molar refractivity (Wildman–Crippen MR) is 59.4 cm³/mol. The second-order valence-electron chi connectivity index (χ2n) is 3.46. The fourth-order valence-electron chi connectivity index (χ4n) is 1.38. The largest absolute Gasteiger partial charge is 0.399 e. The van der Waals surface area contributed by atoms with Gasteiger partial charge >= 0.3 is 0 Å². The normalized spacial score (nSPS) is 20.7. The van der Waals surface area contributed by atoms with Crippen molar-refractivity contribution in [1.82, 2.24) is 0 Å². The molecule has 0 fully saturated rings. The zero-order valence-electron chi connectivity index (χ0n) is 8.34. The van der Waals surface area contributed by atoms with Crippen LogP contribution in [0.5, 0.6) is 0 Å². The Morgan fingerprint density at radius 1 is 1.33 bits per heavy atom. The molecular weight excluding hydrogens is 192 g/mol. The quantitative estimate of drug-likeness (QED) is 0.646. The molecule has 0 aromatic heterocycles. The minimum absolute atomic E-state index is 0.211. The number of carbonyl (C=O) groups excluding carboxylic acids is 1. The monoisotopic (exact) mass is 204 g/mol. The number of nitrogens with zero attached hydrogens (tertiary/aromatic N) is 2. The Morgan fingerprint density at radius 3 is 2.40 bits per heavy atom. The number of amides is 1. The zero-order valence-corrected chi connectivity index (χ0v) is 8.34. The van der Waals surface area contributed by atoms with Crippen molar-refractivity contribution in [2.75, 3.05) is 10.7 Å². The average Bonchev–Trinajstić information content (AvgIpc) is 2.47. The third-order valence-corrected chi connectivity index (χ3v) is 2.32. The topological polar surface area (TPSA) is 84.7 Å². The number of nitrogens with two attached hydrogens (primary N) is 2. The summed E-state index contributed by atoms with van der Waals surface area (Å²) in [6, 6.07) is 6.29. The summed E-state index contributed by atoms with van der Waals surface area (Å²) >= 11 is 0. The van der Waals surface area contributed by atoms with Crippen LogP contribution in [0.3, 0.4) is 0 Å². The van der Waals surface area contributed by atoms with E-state index in [1.807, 2.05) is 0 Å². The van der Waals surface area contributed by atoms with E-state index < -0.39 is 6.04 Å². The van der Waals surface area contributed by atoms with E-state index in [2.05, 4.69) is 5.10 Å². The lowest BCUT2D eigenvalue weighted by atomic mass is 10.2.